The van der Waals surface area contributed by atoms with Crippen LogP contribution in [0.25, 0.3) is 0 Å². The van der Waals surface area contributed by atoms with Crippen LogP contribution in [-0.2, 0) is 0 Å². The molecule has 0 aromatic heterocycles. The van der Waals surface area contributed by atoms with Crippen molar-refractivity contribution in [2.45, 2.75) is 0 Å². The fraction of sp³-hybridized carbons (Fsp3) is 0. The van der Waals surface area contributed by atoms with Crippen LogP contribution in [0.4, 0.5) is 0 Å². The van der Waals surface area contributed by atoms with Crippen molar-refractivity contribution in [3.05, 3.63) is 0 Å². The average Bonchev–Trinajstić information content (AvgIpc) is 0. The summed E-state index contributed by atoms with van der Waals surface area (Å²) in [6, 6.07) is 0. The van der Waals surface area contributed by atoms with Gasteiger partial charge in [-0.25, -0.2) is 0 Å². The van der Waals surface area contributed by atoms with Crippen molar-refractivity contribution < 1.29 is 21.9 Å². The molecule has 0 heterocycles. The van der Waals surface area contributed by atoms with Crippen LogP contribution in [0.15, 0.2) is 0 Å². The van der Waals surface area contributed by atoms with Crippen molar-refractivity contribution in [2.75, 3.05) is 0 Å². The molecule has 46 heteroatoms. The van der Waals surface area contributed by atoms with E-state index in [9.17, 15) is 0 Å². The number of hydrogen-bond acceptors (Lipinski definition) is 42. The lowest BCUT2D eigenvalue weighted by Crippen LogP contribution is -0.482. The third-order valence-electron chi connectivity index (χ3n) is 0. The van der Waals surface area contributed by atoms with Gasteiger partial charge in [0.1, 0.15) is 0 Å². The Kier molecular flexibility index (Phi) is 12000000. The van der Waals surface area contributed by atoms with E-state index in [1.165, 1.54) is 0 Å². The lowest BCUT2D eigenvalue weighted by Gasteiger charge is -0.413. The topological polar surface area (TPSA) is 1600 Å². The Morgan fingerprint density at radius 1 is 0.0435 bits per heavy atom. The molecule has 0 unspecified atom stereocenters. The van der Waals surface area contributed by atoms with Crippen LogP contribution in [0.1, 0.15) is 0 Å². The van der Waals surface area contributed by atoms with Gasteiger partial charge in [-0.3, -0.25) is 0 Å². The summed E-state index contributed by atoms with van der Waals surface area (Å²) in [6.07, 6.45) is 0. The van der Waals surface area contributed by atoms with Gasteiger partial charge in [0, 0.05) is 0 Å². The molecule has 0 aliphatic carbocycles. The minimum atomic E-state index is 0. The monoisotopic (exact) mass is 787 g/mol. The molecular formula is H134N42O4. The SMILES string of the molecule is N.N.N.N.N.N.N.N.N.N.N.N.N.N.N.N.N.N.N.N.N.N.N.N.N.N.N.N.N.N.N.N.N.N.N.N.N.N.N.N.N.N.O.O.O.O. The fourth-order valence-electron chi connectivity index (χ4n) is 0. The van der Waals surface area contributed by atoms with Crippen LogP contribution in [-0.4, -0.2) is 21.9 Å². The van der Waals surface area contributed by atoms with E-state index in [0.29, 0.717) is 0 Å². The predicted octanol–water partition coefficient (Wildman–Crippen LogP) is 3.51. The van der Waals surface area contributed by atoms with Gasteiger partial charge < -0.3 is 280 Å². The fourth-order valence-corrected chi connectivity index (χ4v) is 0. The maximum Gasteiger partial charge on any atom is -0.344 e. The zero-order valence-electron chi connectivity index (χ0n) is 31.7. The van der Waals surface area contributed by atoms with Crippen molar-refractivity contribution in [3.8, 4) is 0 Å². The van der Waals surface area contributed by atoms with Crippen molar-refractivity contribution in [3.63, 3.8) is 0 Å². The summed E-state index contributed by atoms with van der Waals surface area (Å²) >= 11 is 0. The average molecular weight is 787 g/mol. The largest absolute Gasteiger partial charge is 0.412 e. The Morgan fingerprint density at radius 3 is 0.0435 bits per heavy atom. The Labute approximate surface area is 281 Å². The molecule has 46 heavy (non-hydrogen) atoms. The van der Waals surface area contributed by atoms with E-state index in [1.54, 1.807) is 0 Å². The summed E-state index contributed by atoms with van der Waals surface area (Å²) in [5.41, 5.74) is 0. The van der Waals surface area contributed by atoms with Crippen LogP contribution in [0.5, 0.6) is 0 Å². The molecule has 0 saturated carbocycles. The van der Waals surface area contributed by atoms with Crippen LogP contribution in [0.3, 0.4) is 0 Å². The molecule has 134 N–H and O–H groups in total. The quantitative estimate of drug-likeness (QED) is 0.167. The van der Waals surface area contributed by atoms with Crippen molar-refractivity contribution in [2.24, 2.45) is 0 Å². The van der Waals surface area contributed by atoms with Gasteiger partial charge in [0.2, 0.25) is 0 Å². The van der Waals surface area contributed by atoms with Crippen LogP contribution in [0.2, 0.25) is 0 Å². The molecule has 368 valence electrons. The second-order valence-corrected chi connectivity index (χ2v) is 0. The Hall–Kier alpha value is -1.84. The van der Waals surface area contributed by atoms with Gasteiger partial charge >= 0.3 is 0 Å². The first-order chi connectivity index (χ1) is 0. The second kappa shape index (κ2) is 22700. The standard InChI is InChI=1S/42H3N.4H2O/h42*1H3;4*1H2. The highest BCUT2D eigenvalue weighted by molar-refractivity contribution is 2.18. The smallest absolute Gasteiger partial charge is 0.344 e. The van der Waals surface area contributed by atoms with E-state index in [0.717, 1.165) is 0 Å². The first-order valence-electron chi connectivity index (χ1n) is 0. The van der Waals surface area contributed by atoms with Gasteiger partial charge in [0.25, 0.3) is 0 Å². The third-order valence-corrected chi connectivity index (χ3v) is 0. The van der Waals surface area contributed by atoms with E-state index in [4.69, 9.17) is 0 Å². The molecule has 0 aliphatic heterocycles. The van der Waals surface area contributed by atoms with Gasteiger partial charge in [-0.05, 0) is 0 Å². The molecule has 0 atom stereocenters. The molecule has 0 spiro atoms. The summed E-state index contributed by atoms with van der Waals surface area (Å²) in [5, 5.41) is 0. The van der Waals surface area contributed by atoms with Crippen LogP contribution in [0, 0.1) is 0 Å². The van der Waals surface area contributed by atoms with Gasteiger partial charge in [0.05, 0.1) is 0 Å². The van der Waals surface area contributed by atoms with Gasteiger partial charge in [0.15, 0.2) is 0 Å². The normalized spacial score (nSPS) is 0. The molecular weight excluding hydrogens is 652 g/mol. The molecule has 0 aromatic carbocycles. The van der Waals surface area contributed by atoms with Crippen LogP contribution < -0.4 is 258 Å². The summed E-state index contributed by atoms with van der Waals surface area (Å²) in [7, 11) is 0. The molecule has 0 radical (unpaired) electrons. The summed E-state index contributed by atoms with van der Waals surface area (Å²) < 4.78 is 0. The first kappa shape index (κ1) is 24300. The lowest BCUT2D eigenvalue weighted by molar-refractivity contribution is 0.823. The van der Waals surface area contributed by atoms with Gasteiger partial charge in [-0.15, -0.1) is 0 Å². The van der Waals surface area contributed by atoms with Crippen LogP contribution >= 0.6 is 0 Å². The lowest BCUT2D eigenvalue weighted by atomic mass is 14.0. The van der Waals surface area contributed by atoms with E-state index in [1.807, 2.05) is 0 Å². The highest BCUT2D eigenvalue weighted by Crippen LogP contribution is -0.285. The maximum atomic E-state index is 0. The highest BCUT2D eigenvalue weighted by Gasteiger charge is -0.301. The zero-order valence-corrected chi connectivity index (χ0v) is 31.7. The molecule has 0 saturated heterocycles. The predicted molar refractivity (Wildman–Crippen MR) is 225 cm³/mol. The first-order valence-corrected chi connectivity index (χ1v) is 0. The summed E-state index contributed by atoms with van der Waals surface area (Å²) in [5.74, 6) is 0. The Balaban J connectivity index is 0. The van der Waals surface area contributed by atoms with Crippen molar-refractivity contribution in [1.29, 1.82) is 0 Å². The molecule has 0 rings (SSSR count). The van der Waals surface area contributed by atoms with E-state index in [-0.39, 0.29) is 280 Å². The minimum absolute atomic E-state index is 0. The molecule has 0 bridgehead atoms. The molecule has 0 fully saturated rings. The molecule has 0 aliphatic rings. The molecule has 0 amide bonds. The number of rotatable bonds is 0. The Morgan fingerprint density at radius 2 is 0.0435 bits per heavy atom. The van der Waals surface area contributed by atoms with Gasteiger partial charge in [-0.1, -0.05) is 0 Å². The molecule has 0 aromatic rings. The third kappa shape index (κ3) is 21100. The minimum Gasteiger partial charge on any atom is -0.412 e. The van der Waals surface area contributed by atoms with E-state index >= 15 is 0 Å². The van der Waals surface area contributed by atoms with E-state index in [2.05, 4.69) is 0 Å². The summed E-state index contributed by atoms with van der Waals surface area (Å²) in [6.45, 7) is 0. The summed E-state index contributed by atoms with van der Waals surface area (Å²) in [4.78, 5) is 0. The highest BCUT2D eigenvalue weighted by atomic mass is 16.0. The van der Waals surface area contributed by atoms with E-state index < -0.39 is 0 Å². The van der Waals surface area contributed by atoms with Crippen molar-refractivity contribution in [1.82, 2.24) is 258 Å². The maximum absolute atomic E-state index is 0. The Bertz CT molecular complexity index is 19.6. The second-order valence-electron chi connectivity index (χ2n) is 0. The zero-order chi connectivity index (χ0) is 0. The number of hydrogen-bond donors (Lipinski definition) is 42. The van der Waals surface area contributed by atoms with Gasteiger partial charge in [-0.2, -0.15) is 0 Å². The van der Waals surface area contributed by atoms with Crippen molar-refractivity contribution >= 4 is 0 Å². The molecule has 46 nitrogen and oxygen atoms in total.